The summed E-state index contributed by atoms with van der Waals surface area (Å²) in [5.74, 6) is 0.0678. The standard InChI is InChI=1S/C26H23ClN2O2/c1-17-4-7-23(8-5-17)29-26(30)22(15-28)13-20-6-9-25(24(27)14-20)31-16-21-11-18(2)10-19(3)12-21/h4-14H,16H2,1-3H3,(H,29,30)/b22-13+. The molecule has 0 aliphatic carbocycles. The predicted octanol–water partition coefficient (Wildman–Crippen LogP) is 6.39. The predicted molar refractivity (Wildman–Crippen MR) is 125 cm³/mol. The summed E-state index contributed by atoms with van der Waals surface area (Å²) in [5, 5.41) is 12.6. The fourth-order valence-electron chi connectivity index (χ4n) is 3.19. The van der Waals surface area contributed by atoms with Crippen molar-refractivity contribution in [1.82, 2.24) is 0 Å². The highest BCUT2D eigenvalue weighted by Crippen LogP contribution is 2.27. The van der Waals surface area contributed by atoms with Crippen molar-refractivity contribution in [2.75, 3.05) is 5.32 Å². The van der Waals surface area contributed by atoms with E-state index in [1.54, 1.807) is 30.3 Å². The van der Waals surface area contributed by atoms with Crippen LogP contribution >= 0.6 is 11.6 Å². The van der Waals surface area contributed by atoms with Gasteiger partial charge >= 0.3 is 0 Å². The number of carbonyl (C=O) groups is 1. The van der Waals surface area contributed by atoms with E-state index in [-0.39, 0.29) is 5.57 Å². The minimum absolute atomic E-state index is 0.0134. The molecule has 4 nitrogen and oxygen atoms in total. The van der Waals surface area contributed by atoms with E-state index in [0.29, 0.717) is 28.6 Å². The van der Waals surface area contributed by atoms with Crippen molar-refractivity contribution >= 4 is 29.3 Å². The summed E-state index contributed by atoms with van der Waals surface area (Å²) in [6.45, 7) is 6.46. The van der Waals surface area contributed by atoms with Crippen LogP contribution in [0.1, 0.15) is 27.8 Å². The first-order chi connectivity index (χ1) is 14.8. The maximum absolute atomic E-state index is 12.4. The monoisotopic (exact) mass is 430 g/mol. The number of halogens is 1. The molecule has 0 heterocycles. The smallest absolute Gasteiger partial charge is 0.266 e. The van der Waals surface area contributed by atoms with Crippen LogP contribution in [0.4, 0.5) is 5.69 Å². The number of nitrogens with zero attached hydrogens (tertiary/aromatic N) is 1. The number of hydrogen-bond donors (Lipinski definition) is 1. The summed E-state index contributed by atoms with van der Waals surface area (Å²) in [5.41, 5.74) is 5.77. The van der Waals surface area contributed by atoms with Crippen LogP contribution in [0.25, 0.3) is 6.08 Å². The summed E-state index contributed by atoms with van der Waals surface area (Å²) >= 11 is 6.37. The van der Waals surface area contributed by atoms with Crippen molar-refractivity contribution in [2.45, 2.75) is 27.4 Å². The zero-order chi connectivity index (χ0) is 22.4. The number of anilines is 1. The van der Waals surface area contributed by atoms with Gasteiger partial charge in [0.1, 0.15) is 24.0 Å². The second-order valence-electron chi connectivity index (χ2n) is 7.46. The van der Waals surface area contributed by atoms with Gasteiger partial charge in [0.15, 0.2) is 0 Å². The number of amides is 1. The Labute approximate surface area is 187 Å². The Morgan fingerprint density at radius 2 is 1.68 bits per heavy atom. The molecule has 156 valence electrons. The quantitative estimate of drug-likeness (QED) is 0.364. The Balaban J connectivity index is 1.71. The third-order valence-electron chi connectivity index (χ3n) is 4.62. The van der Waals surface area contributed by atoms with Gasteiger partial charge in [-0.1, -0.05) is 64.7 Å². The van der Waals surface area contributed by atoms with E-state index < -0.39 is 5.91 Å². The molecule has 0 aliphatic heterocycles. The van der Waals surface area contributed by atoms with Crippen molar-refractivity contribution in [3.8, 4) is 11.8 Å². The minimum atomic E-state index is -0.474. The molecular formula is C26H23ClN2O2. The third kappa shape index (κ3) is 6.21. The van der Waals surface area contributed by atoms with Crippen LogP contribution < -0.4 is 10.1 Å². The second kappa shape index (κ2) is 9.97. The van der Waals surface area contributed by atoms with E-state index >= 15 is 0 Å². The average Bonchev–Trinajstić information content (AvgIpc) is 2.72. The van der Waals surface area contributed by atoms with Gasteiger partial charge in [-0.2, -0.15) is 5.26 Å². The lowest BCUT2D eigenvalue weighted by molar-refractivity contribution is -0.112. The van der Waals surface area contributed by atoms with Crippen LogP contribution in [0.3, 0.4) is 0 Å². The lowest BCUT2D eigenvalue weighted by atomic mass is 10.1. The Bertz CT molecular complexity index is 1150. The molecule has 0 unspecified atom stereocenters. The first-order valence-electron chi connectivity index (χ1n) is 9.83. The number of nitrogens with one attached hydrogen (secondary N) is 1. The largest absolute Gasteiger partial charge is 0.487 e. The molecule has 1 amide bonds. The van der Waals surface area contributed by atoms with Crippen molar-refractivity contribution < 1.29 is 9.53 Å². The fourth-order valence-corrected chi connectivity index (χ4v) is 3.43. The number of nitriles is 1. The third-order valence-corrected chi connectivity index (χ3v) is 4.91. The minimum Gasteiger partial charge on any atom is -0.487 e. The van der Waals surface area contributed by atoms with E-state index in [2.05, 4.69) is 23.5 Å². The topological polar surface area (TPSA) is 62.1 Å². The van der Waals surface area contributed by atoms with E-state index in [9.17, 15) is 10.1 Å². The summed E-state index contributed by atoms with van der Waals surface area (Å²) in [4.78, 5) is 12.4. The van der Waals surface area contributed by atoms with E-state index in [1.807, 2.05) is 39.0 Å². The lowest BCUT2D eigenvalue weighted by Crippen LogP contribution is -2.13. The van der Waals surface area contributed by atoms with Crippen LogP contribution in [-0.4, -0.2) is 5.91 Å². The summed E-state index contributed by atoms with van der Waals surface area (Å²) in [6.07, 6.45) is 1.50. The zero-order valence-corrected chi connectivity index (χ0v) is 18.5. The molecule has 5 heteroatoms. The maximum Gasteiger partial charge on any atom is 0.266 e. The molecule has 3 aromatic carbocycles. The summed E-state index contributed by atoms with van der Waals surface area (Å²) < 4.78 is 5.86. The van der Waals surface area contributed by atoms with Crippen LogP contribution in [0, 0.1) is 32.1 Å². The number of hydrogen-bond acceptors (Lipinski definition) is 3. The van der Waals surface area contributed by atoms with Crippen molar-refractivity contribution in [3.05, 3.63) is 99.1 Å². The number of carbonyl (C=O) groups excluding carboxylic acids is 1. The van der Waals surface area contributed by atoms with E-state index in [4.69, 9.17) is 16.3 Å². The molecule has 0 radical (unpaired) electrons. The molecule has 0 aromatic heterocycles. The Hall–Kier alpha value is -3.55. The van der Waals surface area contributed by atoms with Crippen molar-refractivity contribution in [2.24, 2.45) is 0 Å². The summed E-state index contributed by atoms with van der Waals surface area (Å²) in [6, 6.07) is 20.8. The molecule has 0 atom stereocenters. The average molecular weight is 431 g/mol. The molecule has 0 saturated carbocycles. The van der Waals surface area contributed by atoms with Crippen molar-refractivity contribution in [1.29, 1.82) is 5.26 Å². The lowest BCUT2D eigenvalue weighted by Gasteiger charge is -2.10. The number of ether oxygens (including phenoxy) is 1. The Morgan fingerprint density at radius 3 is 2.29 bits per heavy atom. The highest BCUT2D eigenvalue weighted by Gasteiger charge is 2.11. The Morgan fingerprint density at radius 1 is 1.00 bits per heavy atom. The molecule has 1 N–H and O–H groups in total. The van der Waals surface area contributed by atoms with Gasteiger partial charge in [-0.15, -0.1) is 0 Å². The van der Waals surface area contributed by atoms with Gasteiger partial charge in [0.2, 0.25) is 0 Å². The fraction of sp³-hybridized carbons (Fsp3) is 0.154. The molecule has 0 aliphatic rings. The highest BCUT2D eigenvalue weighted by molar-refractivity contribution is 6.32. The van der Waals surface area contributed by atoms with Gasteiger partial charge in [-0.3, -0.25) is 4.79 Å². The Kier molecular flexibility index (Phi) is 7.12. The molecule has 3 aromatic rings. The second-order valence-corrected chi connectivity index (χ2v) is 7.87. The van der Waals surface area contributed by atoms with E-state index in [0.717, 1.165) is 11.1 Å². The first kappa shape index (κ1) is 22.1. The molecule has 31 heavy (non-hydrogen) atoms. The van der Waals surface area contributed by atoms with Gasteiger partial charge in [0.25, 0.3) is 5.91 Å². The van der Waals surface area contributed by atoms with Gasteiger partial charge < -0.3 is 10.1 Å². The summed E-state index contributed by atoms with van der Waals surface area (Å²) in [7, 11) is 0. The first-order valence-corrected chi connectivity index (χ1v) is 10.2. The van der Waals surface area contributed by atoms with Gasteiger partial charge in [0.05, 0.1) is 5.02 Å². The molecule has 0 spiro atoms. The van der Waals surface area contributed by atoms with Crippen LogP contribution in [0.5, 0.6) is 5.75 Å². The van der Waals surface area contributed by atoms with Crippen LogP contribution in [0.15, 0.2) is 66.2 Å². The molecule has 0 bridgehead atoms. The molecule has 0 saturated heterocycles. The zero-order valence-electron chi connectivity index (χ0n) is 17.7. The number of rotatable bonds is 6. The van der Waals surface area contributed by atoms with Crippen LogP contribution in [-0.2, 0) is 11.4 Å². The molecule has 3 rings (SSSR count). The SMILES string of the molecule is Cc1ccc(NC(=O)/C(C#N)=C/c2ccc(OCc3cc(C)cc(C)c3)c(Cl)c2)cc1. The van der Waals surface area contributed by atoms with E-state index in [1.165, 1.54) is 17.2 Å². The van der Waals surface area contributed by atoms with Crippen molar-refractivity contribution in [3.63, 3.8) is 0 Å². The molecular weight excluding hydrogens is 408 g/mol. The number of aryl methyl sites for hydroxylation is 3. The van der Waals surface area contributed by atoms with Gasteiger partial charge in [0, 0.05) is 5.69 Å². The maximum atomic E-state index is 12.4. The molecule has 0 fully saturated rings. The van der Waals surface area contributed by atoms with Crippen LogP contribution in [0.2, 0.25) is 5.02 Å². The highest BCUT2D eigenvalue weighted by atomic mass is 35.5. The normalized spacial score (nSPS) is 11.0. The van der Waals surface area contributed by atoms with Gasteiger partial charge in [-0.25, -0.2) is 0 Å². The number of benzene rings is 3. The van der Waals surface area contributed by atoms with Gasteiger partial charge in [-0.05, 0) is 62.2 Å².